The molecule has 0 aliphatic rings. The van der Waals surface area contributed by atoms with Gasteiger partial charge in [0.05, 0.1) is 24.1 Å². The molecule has 2 aromatic carbocycles. The summed E-state index contributed by atoms with van der Waals surface area (Å²) in [6.45, 7) is 8.17. The number of carbonyl (C=O) groups is 2. The molecule has 2 rings (SSSR count). The van der Waals surface area contributed by atoms with Gasteiger partial charge in [-0.3, -0.25) is 13.9 Å². The van der Waals surface area contributed by atoms with Crippen LogP contribution in [0.5, 0.6) is 5.75 Å². The van der Waals surface area contributed by atoms with Crippen molar-refractivity contribution >= 4 is 39.1 Å². The van der Waals surface area contributed by atoms with E-state index in [2.05, 4.69) is 5.32 Å². The number of carbonyl (C=O) groups excluding carboxylic acids is 2. The summed E-state index contributed by atoms with van der Waals surface area (Å²) in [4.78, 5) is 28.2. The summed E-state index contributed by atoms with van der Waals surface area (Å²) < 4.78 is 31.5. The molecule has 0 saturated heterocycles. The van der Waals surface area contributed by atoms with E-state index in [1.54, 1.807) is 17.0 Å². The van der Waals surface area contributed by atoms with Crippen LogP contribution in [0.4, 0.5) is 5.69 Å². The first-order chi connectivity index (χ1) is 17.9. The summed E-state index contributed by atoms with van der Waals surface area (Å²) in [7, 11) is -2.15. The Balaban J connectivity index is 2.24. The Labute approximate surface area is 232 Å². The lowest BCUT2D eigenvalue weighted by Crippen LogP contribution is -2.50. The fourth-order valence-electron chi connectivity index (χ4n) is 4.07. The predicted molar refractivity (Wildman–Crippen MR) is 153 cm³/mol. The fraction of sp³-hybridized carbons (Fsp3) is 0.500. The number of methoxy groups -OCH3 is 1. The van der Waals surface area contributed by atoms with Crippen LogP contribution in [-0.4, -0.2) is 57.1 Å². The molecule has 210 valence electrons. The Morgan fingerprint density at radius 3 is 2.26 bits per heavy atom. The molecule has 0 radical (unpaired) electrons. The molecular formula is C28H40ClN3O5S. The summed E-state index contributed by atoms with van der Waals surface area (Å²) in [6, 6.07) is 12.0. The van der Waals surface area contributed by atoms with E-state index in [-0.39, 0.29) is 48.8 Å². The van der Waals surface area contributed by atoms with Gasteiger partial charge in [0.15, 0.2) is 0 Å². The summed E-state index contributed by atoms with van der Waals surface area (Å²) in [5, 5.41) is 3.29. The number of aryl methyl sites for hydroxylation is 1. The zero-order valence-electron chi connectivity index (χ0n) is 23.2. The van der Waals surface area contributed by atoms with Gasteiger partial charge in [-0.05, 0) is 56.9 Å². The van der Waals surface area contributed by atoms with Crippen LogP contribution in [0.15, 0.2) is 42.5 Å². The minimum absolute atomic E-state index is 0.00693. The van der Waals surface area contributed by atoms with Crippen molar-refractivity contribution < 1.29 is 22.7 Å². The van der Waals surface area contributed by atoms with Gasteiger partial charge in [0.2, 0.25) is 21.8 Å². The Hall–Kier alpha value is -2.78. The highest BCUT2D eigenvalue weighted by Gasteiger charge is 2.29. The molecule has 2 unspecified atom stereocenters. The van der Waals surface area contributed by atoms with E-state index in [4.69, 9.17) is 16.3 Å². The highest BCUT2D eigenvalue weighted by atomic mass is 35.5. The zero-order chi connectivity index (χ0) is 28.5. The molecule has 10 heteroatoms. The third-order valence-corrected chi connectivity index (χ3v) is 7.93. The molecule has 2 amide bonds. The van der Waals surface area contributed by atoms with Crippen LogP contribution in [0.1, 0.15) is 57.6 Å². The minimum Gasteiger partial charge on any atom is -0.495 e. The maximum absolute atomic E-state index is 13.5. The maximum Gasteiger partial charge on any atom is 0.243 e. The second kappa shape index (κ2) is 14.4. The topological polar surface area (TPSA) is 96.0 Å². The summed E-state index contributed by atoms with van der Waals surface area (Å²) in [5.41, 5.74) is 2.42. The molecule has 0 aliphatic carbocycles. The van der Waals surface area contributed by atoms with Crippen molar-refractivity contribution in [2.45, 2.75) is 72.0 Å². The molecule has 38 heavy (non-hydrogen) atoms. The zero-order valence-corrected chi connectivity index (χ0v) is 24.7. The number of amides is 2. The SMILES string of the molecule is CCC(C)NC(=O)C(CC)N(Cc1ccc(C)cc1)C(=O)CCCN(c1ccc(OC)c(Cl)c1)S(C)(=O)=O. The number of rotatable bonds is 14. The van der Waals surface area contributed by atoms with Gasteiger partial charge < -0.3 is 15.0 Å². The Morgan fingerprint density at radius 2 is 1.74 bits per heavy atom. The van der Waals surface area contributed by atoms with Crippen LogP contribution in [0.2, 0.25) is 5.02 Å². The third kappa shape index (κ3) is 8.91. The van der Waals surface area contributed by atoms with Crippen LogP contribution in [0.25, 0.3) is 0 Å². The maximum atomic E-state index is 13.5. The van der Waals surface area contributed by atoms with Crippen LogP contribution in [-0.2, 0) is 26.2 Å². The number of sulfonamides is 1. The first-order valence-electron chi connectivity index (χ1n) is 12.9. The van der Waals surface area contributed by atoms with Gasteiger partial charge in [0.25, 0.3) is 0 Å². The standard InChI is InChI=1S/C28H40ClN3O5S/c1-7-21(4)30-28(34)25(8-2)31(19-22-13-11-20(3)12-14-22)27(33)10-9-17-32(38(6,35)36)23-15-16-26(37-5)24(29)18-23/h11-16,18,21,25H,7-10,17,19H2,1-6H3,(H,30,34). The average molecular weight is 566 g/mol. The average Bonchev–Trinajstić information content (AvgIpc) is 2.86. The van der Waals surface area contributed by atoms with Crippen molar-refractivity contribution in [1.29, 1.82) is 0 Å². The smallest absolute Gasteiger partial charge is 0.243 e. The van der Waals surface area contributed by atoms with Crippen LogP contribution >= 0.6 is 11.6 Å². The monoisotopic (exact) mass is 565 g/mol. The normalized spacial score (nSPS) is 12.9. The lowest BCUT2D eigenvalue weighted by molar-refractivity contribution is -0.141. The van der Waals surface area contributed by atoms with Crippen molar-refractivity contribution in [2.75, 3.05) is 24.2 Å². The van der Waals surface area contributed by atoms with E-state index in [9.17, 15) is 18.0 Å². The molecule has 0 heterocycles. The van der Waals surface area contributed by atoms with Gasteiger partial charge in [-0.15, -0.1) is 0 Å². The Morgan fingerprint density at radius 1 is 1.08 bits per heavy atom. The number of hydrogen-bond acceptors (Lipinski definition) is 5. The molecule has 0 saturated carbocycles. The molecule has 0 aliphatic heterocycles. The van der Waals surface area contributed by atoms with E-state index in [0.717, 1.165) is 23.8 Å². The predicted octanol–water partition coefficient (Wildman–Crippen LogP) is 4.93. The molecule has 8 nitrogen and oxygen atoms in total. The van der Waals surface area contributed by atoms with Crippen LogP contribution in [0.3, 0.4) is 0 Å². The quantitative estimate of drug-likeness (QED) is 0.350. The number of benzene rings is 2. The van der Waals surface area contributed by atoms with Gasteiger partial charge in [-0.2, -0.15) is 0 Å². The van der Waals surface area contributed by atoms with Gasteiger partial charge in [-0.1, -0.05) is 55.3 Å². The summed E-state index contributed by atoms with van der Waals surface area (Å²) >= 11 is 6.22. The number of halogens is 1. The second-order valence-electron chi connectivity index (χ2n) is 9.51. The fourth-order valence-corrected chi connectivity index (χ4v) is 5.27. The lowest BCUT2D eigenvalue weighted by Gasteiger charge is -2.32. The van der Waals surface area contributed by atoms with E-state index >= 15 is 0 Å². The summed E-state index contributed by atoms with van der Waals surface area (Å²) in [5.74, 6) is 0.0398. The van der Waals surface area contributed by atoms with Crippen molar-refractivity contribution in [3.05, 3.63) is 58.6 Å². The number of ether oxygens (including phenoxy) is 1. The molecule has 2 aromatic rings. The summed E-state index contributed by atoms with van der Waals surface area (Å²) in [6.07, 6.45) is 2.70. The van der Waals surface area contributed by atoms with Gasteiger partial charge in [-0.25, -0.2) is 8.42 Å². The van der Waals surface area contributed by atoms with E-state index in [0.29, 0.717) is 17.9 Å². The number of nitrogens with one attached hydrogen (secondary N) is 1. The first kappa shape index (κ1) is 31.4. The van der Waals surface area contributed by atoms with Crippen molar-refractivity contribution in [3.8, 4) is 5.75 Å². The Kier molecular flexibility index (Phi) is 11.9. The van der Waals surface area contributed by atoms with E-state index in [1.807, 2.05) is 52.0 Å². The first-order valence-corrected chi connectivity index (χ1v) is 15.1. The molecule has 0 aromatic heterocycles. The minimum atomic E-state index is -3.63. The number of nitrogens with zero attached hydrogens (tertiary/aromatic N) is 2. The molecule has 0 fully saturated rings. The van der Waals surface area contributed by atoms with E-state index in [1.165, 1.54) is 17.5 Å². The van der Waals surface area contributed by atoms with Gasteiger partial charge in [0.1, 0.15) is 11.8 Å². The van der Waals surface area contributed by atoms with E-state index < -0.39 is 16.1 Å². The van der Waals surface area contributed by atoms with Crippen molar-refractivity contribution in [3.63, 3.8) is 0 Å². The largest absolute Gasteiger partial charge is 0.495 e. The molecule has 2 atom stereocenters. The van der Waals surface area contributed by atoms with Crippen molar-refractivity contribution in [2.24, 2.45) is 0 Å². The van der Waals surface area contributed by atoms with Gasteiger partial charge >= 0.3 is 0 Å². The molecular weight excluding hydrogens is 526 g/mol. The second-order valence-corrected chi connectivity index (χ2v) is 11.8. The number of anilines is 1. The highest BCUT2D eigenvalue weighted by molar-refractivity contribution is 7.92. The lowest BCUT2D eigenvalue weighted by atomic mass is 10.1. The van der Waals surface area contributed by atoms with Crippen molar-refractivity contribution in [1.82, 2.24) is 10.2 Å². The van der Waals surface area contributed by atoms with Crippen LogP contribution in [0, 0.1) is 6.92 Å². The Bertz CT molecular complexity index is 1190. The van der Waals surface area contributed by atoms with Crippen LogP contribution < -0.4 is 14.4 Å². The molecule has 1 N–H and O–H groups in total. The highest BCUT2D eigenvalue weighted by Crippen LogP contribution is 2.30. The van der Waals surface area contributed by atoms with Gasteiger partial charge in [0, 0.05) is 25.6 Å². The molecule has 0 bridgehead atoms. The third-order valence-electron chi connectivity index (χ3n) is 6.44. The molecule has 0 spiro atoms. The number of hydrogen-bond donors (Lipinski definition) is 1.